The minimum Gasteiger partial charge on any atom is -0.478 e. The molecule has 0 aliphatic carbocycles. The Balaban J connectivity index is 1.60. The molecule has 0 saturated carbocycles. The molecule has 0 aliphatic rings. The van der Waals surface area contributed by atoms with Gasteiger partial charge in [0.1, 0.15) is 17.3 Å². The quantitative estimate of drug-likeness (QED) is 0.432. The first-order chi connectivity index (χ1) is 15.9. The number of aromatic carboxylic acids is 1. The van der Waals surface area contributed by atoms with Crippen LogP contribution in [0.1, 0.15) is 26.3 Å². The maximum atomic E-state index is 13.2. The highest BCUT2D eigenvalue weighted by Gasteiger charge is 2.16. The van der Waals surface area contributed by atoms with Crippen LogP contribution in [-0.4, -0.2) is 26.8 Å². The molecule has 0 spiro atoms. The van der Waals surface area contributed by atoms with Gasteiger partial charge in [0.25, 0.3) is 5.91 Å². The standard InChI is InChI=1S/C25H20FN3O4/c1-29-15-19(14-28-29)18-6-11-23(33-21-9-7-20(26)8-10-21)22(12-18)24(30)27-13-16-2-4-17(5-3-16)25(31)32/h2-12,14-15H,13H2,1H3,(H,27,30)(H,31,32). The van der Waals surface area contributed by atoms with Crippen LogP contribution in [0.3, 0.4) is 0 Å². The van der Waals surface area contributed by atoms with Crippen molar-refractivity contribution < 1.29 is 23.8 Å². The van der Waals surface area contributed by atoms with E-state index in [9.17, 15) is 14.0 Å². The maximum absolute atomic E-state index is 13.2. The lowest BCUT2D eigenvalue weighted by Crippen LogP contribution is -2.23. The zero-order valence-corrected chi connectivity index (χ0v) is 17.7. The molecule has 4 rings (SSSR count). The number of nitrogens with one attached hydrogen (secondary N) is 1. The van der Waals surface area contributed by atoms with E-state index in [1.54, 1.807) is 42.2 Å². The Bertz CT molecular complexity index is 1300. The number of aryl methyl sites for hydroxylation is 1. The molecule has 0 aliphatic heterocycles. The first-order valence-electron chi connectivity index (χ1n) is 10.1. The molecule has 0 bridgehead atoms. The molecular formula is C25H20FN3O4. The zero-order valence-electron chi connectivity index (χ0n) is 17.7. The van der Waals surface area contributed by atoms with Crippen LogP contribution in [-0.2, 0) is 13.6 Å². The van der Waals surface area contributed by atoms with Gasteiger partial charge in [-0.2, -0.15) is 5.10 Å². The normalized spacial score (nSPS) is 10.6. The summed E-state index contributed by atoms with van der Waals surface area (Å²) in [6, 6.07) is 17.0. The molecule has 0 saturated heterocycles. The molecule has 0 atom stereocenters. The van der Waals surface area contributed by atoms with Crippen LogP contribution in [0.2, 0.25) is 0 Å². The van der Waals surface area contributed by atoms with Gasteiger partial charge in [-0.05, 0) is 59.7 Å². The van der Waals surface area contributed by atoms with E-state index in [4.69, 9.17) is 9.84 Å². The van der Waals surface area contributed by atoms with Gasteiger partial charge in [0.2, 0.25) is 0 Å². The average molecular weight is 445 g/mol. The number of nitrogens with zero attached hydrogens (tertiary/aromatic N) is 2. The fourth-order valence-electron chi connectivity index (χ4n) is 3.22. The van der Waals surface area contributed by atoms with E-state index in [1.165, 1.54) is 36.4 Å². The smallest absolute Gasteiger partial charge is 0.335 e. The zero-order chi connectivity index (χ0) is 23.4. The van der Waals surface area contributed by atoms with Gasteiger partial charge >= 0.3 is 5.97 Å². The van der Waals surface area contributed by atoms with Gasteiger partial charge in [0.05, 0.1) is 17.3 Å². The summed E-state index contributed by atoms with van der Waals surface area (Å²) in [7, 11) is 1.80. The van der Waals surface area contributed by atoms with Gasteiger partial charge in [0.15, 0.2) is 0 Å². The first kappa shape index (κ1) is 21.8. The van der Waals surface area contributed by atoms with Crippen LogP contribution < -0.4 is 10.1 Å². The Morgan fingerprint density at radius 3 is 2.39 bits per heavy atom. The van der Waals surface area contributed by atoms with Crippen molar-refractivity contribution in [2.45, 2.75) is 6.54 Å². The molecule has 1 heterocycles. The first-order valence-corrected chi connectivity index (χ1v) is 10.1. The molecule has 1 amide bonds. The summed E-state index contributed by atoms with van der Waals surface area (Å²) in [6.07, 6.45) is 3.53. The number of ether oxygens (including phenoxy) is 1. The van der Waals surface area contributed by atoms with Crippen LogP contribution in [0, 0.1) is 5.82 Å². The number of carbonyl (C=O) groups excluding carboxylic acids is 1. The Morgan fingerprint density at radius 2 is 1.76 bits per heavy atom. The molecule has 166 valence electrons. The maximum Gasteiger partial charge on any atom is 0.335 e. The molecule has 7 nitrogen and oxygen atoms in total. The van der Waals surface area contributed by atoms with E-state index in [0.29, 0.717) is 17.1 Å². The predicted molar refractivity (Wildman–Crippen MR) is 120 cm³/mol. The highest BCUT2D eigenvalue weighted by molar-refractivity contribution is 5.98. The number of amides is 1. The summed E-state index contributed by atoms with van der Waals surface area (Å²) in [4.78, 5) is 24.1. The van der Waals surface area contributed by atoms with Gasteiger partial charge in [-0.3, -0.25) is 9.48 Å². The average Bonchev–Trinajstić information content (AvgIpc) is 3.25. The number of benzene rings is 3. The molecule has 33 heavy (non-hydrogen) atoms. The second kappa shape index (κ2) is 9.35. The molecule has 4 aromatic rings. The third kappa shape index (κ3) is 5.24. The lowest BCUT2D eigenvalue weighted by molar-refractivity contribution is 0.0696. The summed E-state index contributed by atoms with van der Waals surface area (Å²) in [5.41, 5.74) is 2.83. The highest BCUT2D eigenvalue weighted by Crippen LogP contribution is 2.30. The fraction of sp³-hybridized carbons (Fsp3) is 0.0800. The van der Waals surface area contributed by atoms with Crippen LogP contribution in [0.15, 0.2) is 79.1 Å². The van der Waals surface area contributed by atoms with Crippen molar-refractivity contribution in [3.8, 4) is 22.6 Å². The lowest BCUT2D eigenvalue weighted by atomic mass is 10.0. The summed E-state index contributed by atoms with van der Waals surface area (Å²) >= 11 is 0. The van der Waals surface area contributed by atoms with Gasteiger partial charge in [-0.1, -0.05) is 18.2 Å². The van der Waals surface area contributed by atoms with Crippen molar-refractivity contribution in [2.75, 3.05) is 0 Å². The third-order valence-electron chi connectivity index (χ3n) is 4.96. The number of carbonyl (C=O) groups is 2. The van der Waals surface area contributed by atoms with Crippen LogP contribution in [0.5, 0.6) is 11.5 Å². The van der Waals surface area contributed by atoms with Crippen molar-refractivity contribution in [1.82, 2.24) is 15.1 Å². The molecular weight excluding hydrogens is 425 g/mol. The topological polar surface area (TPSA) is 93.5 Å². The molecule has 8 heteroatoms. The number of aromatic nitrogens is 2. The Hall–Kier alpha value is -4.46. The number of hydrogen-bond donors (Lipinski definition) is 2. The SMILES string of the molecule is Cn1cc(-c2ccc(Oc3ccc(F)cc3)c(C(=O)NCc3ccc(C(=O)O)cc3)c2)cn1. The van der Waals surface area contributed by atoms with Crippen molar-refractivity contribution >= 4 is 11.9 Å². The van der Waals surface area contributed by atoms with Gasteiger partial charge in [-0.25, -0.2) is 9.18 Å². The van der Waals surface area contributed by atoms with E-state index in [2.05, 4.69) is 10.4 Å². The minimum absolute atomic E-state index is 0.171. The Labute approximate surface area is 189 Å². The Morgan fingerprint density at radius 1 is 1.03 bits per heavy atom. The summed E-state index contributed by atoms with van der Waals surface area (Å²) in [5, 5.41) is 16.0. The fourth-order valence-corrected chi connectivity index (χ4v) is 3.22. The molecule has 2 N–H and O–H groups in total. The third-order valence-corrected chi connectivity index (χ3v) is 4.96. The van der Waals surface area contributed by atoms with E-state index in [-0.39, 0.29) is 23.8 Å². The number of carboxylic acids is 1. The monoisotopic (exact) mass is 445 g/mol. The van der Waals surface area contributed by atoms with Gasteiger partial charge in [-0.15, -0.1) is 0 Å². The molecule has 1 aromatic heterocycles. The van der Waals surface area contributed by atoms with Crippen molar-refractivity contribution in [2.24, 2.45) is 7.05 Å². The van der Waals surface area contributed by atoms with Crippen molar-refractivity contribution in [3.05, 3.63) is 102 Å². The second-order valence-corrected chi connectivity index (χ2v) is 7.35. The number of rotatable bonds is 7. The summed E-state index contributed by atoms with van der Waals surface area (Å²) in [5.74, 6) is -1.07. The second-order valence-electron chi connectivity index (χ2n) is 7.35. The predicted octanol–water partition coefficient (Wildman–Crippen LogP) is 4.65. The largest absolute Gasteiger partial charge is 0.478 e. The molecule has 3 aromatic carbocycles. The number of carboxylic acid groups (broad SMARTS) is 1. The summed E-state index contributed by atoms with van der Waals surface area (Å²) in [6.45, 7) is 0.200. The van der Waals surface area contributed by atoms with E-state index in [0.717, 1.165) is 16.7 Å². The molecule has 0 unspecified atom stereocenters. The minimum atomic E-state index is -1.01. The molecule has 0 fully saturated rings. The van der Waals surface area contributed by atoms with E-state index >= 15 is 0 Å². The van der Waals surface area contributed by atoms with E-state index in [1.807, 2.05) is 12.3 Å². The Kier molecular flexibility index (Phi) is 6.17. The highest BCUT2D eigenvalue weighted by atomic mass is 19.1. The van der Waals surface area contributed by atoms with Crippen molar-refractivity contribution in [3.63, 3.8) is 0 Å². The number of hydrogen-bond acceptors (Lipinski definition) is 4. The van der Waals surface area contributed by atoms with Gasteiger partial charge in [0, 0.05) is 25.4 Å². The van der Waals surface area contributed by atoms with Crippen LogP contribution in [0.4, 0.5) is 4.39 Å². The number of halogens is 1. The van der Waals surface area contributed by atoms with Crippen molar-refractivity contribution in [1.29, 1.82) is 0 Å². The van der Waals surface area contributed by atoms with Gasteiger partial charge < -0.3 is 15.2 Å². The summed E-state index contributed by atoms with van der Waals surface area (Å²) < 4.78 is 20.8. The van der Waals surface area contributed by atoms with Crippen LogP contribution >= 0.6 is 0 Å². The molecule has 0 radical (unpaired) electrons. The lowest BCUT2D eigenvalue weighted by Gasteiger charge is -2.13. The van der Waals surface area contributed by atoms with Crippen LogP contribution in [0.25, 0.3) is 11.1 Å². The van der Waals surface area contributed by atoms with E-state index < -0.39 is 5.97 Å².